The van der Waals surface area contributed by atoms with Crippen molar-refractivity contribution in [1.29, 1.82) is 0 Å². The highest BCUT2D eigenvalue weighted by molar-refractivity contribution is 5.94. The Labute approximate surface area is 112 Å². The lowest BCUT2D eigenvalue weighted by molar-refractivity contribution is -0.167. The summed E-state index contributed by atoms with van der Waals surface area (Å²) in [5.41, 5.74) is 4.14. The zero-order valence-electron chi connectivity index (χ0n) is 11.5. The number of carboxylic acid groups (broad SMARTS) is 1. The van der Waals surface area contributed by atoms with Crippen LogP contribution in [0, 0.1) is 5.92 Å². The van der Waals surface area contributed by atoms with Gasteiger partial charge in [0.1, 0.15) is 12.2 Å². The number of ether oxygens (including phenoxy) is 2. The molecule has 1 atom stereocenters. The second kappa shape index (κ2) is 7.73. The van der Waals surface area contributed by atoms with Gasteiger partial charge in [0, 0.05) is 6.61 Å². The van der Waals surface area contributed by atoms with Crippen molar-refractivity contribution in [2.75, 3.05) is 13.2 Å². The van der Waals surface area contributed by atoms with Crippen LogP contribution in [0.3, 0.4) is 0 Å². The molecule has 110 valence electrons. The van der Waals surface area contributed by atoms with Crippen LogP contribution in [0.5, 0.6) is 0 Å². The van der Waals surface area contributed by atoms with Crippen molar-refractivity contribution >= 4 is 17.8 Å². The van der Waals surface area contributed by atoms with E-state index in [-0.39, 0.29) is 19.6 Å². The summed E-state index contributed by atoms with van der Waals surface area (Å²) in [5, 5.41) is 8.97. The lowest BCUT2D eigenvalue weighted by atomic mass is 10.0. The Balaban J connectivity index is 4.17. The summed E-state index contributed by atoms with van der Waals surface area (Å²) in [6.45, 7) is 4.94. The van der Waals surface area contributed by atoms with E-state index < -0.39 is 29.4 Å². The number of carbonyl (C=O) groups is 3. The molecule has 0 aromatic carbocycles. The number of carbonyl (C=O) groups excluding carboxylic acids is 2. The highest BCUT2D eigenvalue weighted by Crippen LogP contribution is 2.15. The third-order valence-electron chi connectivity index (χ3n) is 2.02. The highest BCUT2D eigenvalue weighted by Gasteiger charge is 2.30. The average Bonchev–Trinajstić information content (AvgIpc) is 2.19. The summed E-state index contributed by atoms with van der Waals surface area (Å²) in [6, 6.07) is 0. The van der Waals surface area contributed by atoms with Crippen molar-refractivity contribution in [3.8, 4) is 0 Å². The molecule has 19 heavy (non-hydrogen) atoms. The molecule has 3 N–H and O–H groups in total. The minimum atomic E-state index is -1.23. The smallest absolute Gasteiger partial charge is 0.320 e. The van der Waals surface area contributed by atoms with E-state index in [1.807, 2.05) is 0 Å². The summed E-state index contributed by atoms with van der Waals surface area (Å²) in [6.07, 6.45) is 0.409. The number of hydrogen-bond donors (Lipinski definition) is 2. The number of primary amides is 1. The minimum absolute atomic E-state index is 0.0863. The van der Waals surface area contributed by atoms with Crippen LogP contribution in [0.1, 0.15) is 33.6 Å². The average molecular weight is 275 g/mol. The van der Waals surface area contributed by atoms with Crippen LogP contribution in [0.25, 0.3) is 0 Å². The summed E-state index contributed by atoms with van der Waals surface area (Å²) in [5.74, 6) is -3.82. The summed E-state index contributed by atoms with van der Waals surface area (Å²) in [7, 11) is 0. The molecule has 0 fully saturated rings. The molecular weight excluding hydrogens is 254 g/mol. The van der Waals surface area contributed by atoms with E-state index in [0.717, 1.165) is 0 Å². The molecule has 7 nitrogen and oxygen atoms in total. The van der Waals surface area contributed by atoms with Crippen molar-refractivity contribution in [3.63, 3.8) is 0 Å². The fourth-order valence-electron chi connectivity index (χ4n) is 1.28. The number of amides is 1. The van der Waals surface area contributed by atoms with Gasteiger partial charge < -0.3 is 20.3 Å². The van der Waals surface area contributed by atoms with Crippen molar-refractivity contribution < 1.29 is 29.0 Å². The van der Waals surface area contributed by atoms with Gasteiger partial charge >= 0.3 is 11.9 Å². The summed E-state index contributed by atoms with van der Waals surface area (Å²) < 4.78 is 9.91. The number of esters is 1. The SMILES string of the molecule is CC(C)(C)OC(=O)C(CCCOCC(N)=O)C(=O)O. The largest absolute Gasteiger partial charge is 0.481 e. The number of carboxylic acids is 1. The fourth-order valence-corrected chi connectivity index (χ4v) is 1.28. The van der Waals surface area contributed by atoms with Crippen molar-refractivity contribution in [3.05, 3.63) is 0 Å². The fraction of sp³-hybridized carbons (Fsp3) is 0.750. The van der Waals surface area contributed by atoms with E-state index in [2.05, 4.69) is 0 Å². The molecule has 0 spiro atoms. The van der Waals surface area contributed by atoms with Gasteiger partial charge in [-0.3, -0.25) is 14.4 Å². The molecule has 0 aliphatic rings. The van der Waals surface area contributed by atoms with Crippen molar-refractivity contribution in [2.24, 2.45) is 11.7 Å². The van der Waals surface area contributed by atoms with E-state index in [4.69, 9.17) is 20.3 Å². The maximum atomic E-state index is 11.7. The van der Waals surface area contributed by atoms with Gasteiger partial charge in [-0.15, -0.1) is 0 Å². The van der Waals surface area contributed by atoms with E-state index in [9.17, 15) is 14.4 Å². The molecule has 0 aliphatic heterocycles. The normalized spacial score (nSPS) is 12.8. The monoisotopic (exact) mass is 275 g/mol. The van der Waals surface area contributed by atoms with Crippen LogP contribution < -0.4 is 5.73 Å². The quantitative estimate of drug-likeness (QED) is 0.374. The first kappa shape index (κ1) is 17.4. The molecule has 7 heteroatoms. The van der Waals surface area contributed by atoms with E-state index in [1.165, 1.54) is 0 Å². The number of rotatable bonds is 8. The van der Waals surface area contributed by atoms with Gasteiger partial charge in [0.25, 0.3) is 0 Å². The zero-order chi connectivity index (χ0) is 15.1. The summed E-state index contributed by atoms with van der Waals surface area (Å²) >= 11 is 0. The third-order valence-corrected chi connectivity index (χ3v) is 2.02. The zero-order valence-corrected chi connectivity index (χ0v) is 11.5. The molecule has 0 saturated heterocycles. The molecule has 1 unspecified atom stereocenters. The van der Waals surface area contributed by atoms with Crippen LogP contribution in [0.4, 0.5) is 0 Å². The molecular formula is C12H21NO6. The van der Waals surface area contributed by atoms with E-state index >= 15 is 0 Å². The Hall–Kier alpha value is -1.63. The second-order valence-electron chi connectivity index (χ2n) is 5.09. The van der Waals surface area contributed by atoms with Crippen LogP contribution >= 0.6 is 0 Å². The lowest BCUT2D eigenvalue weighted by Gasteiger charge is -2.22. The molecule has 0 aliphatic carbocycles. The Morgan fingerprint density at radius 3 is 2.26 bits per heavy atom. The molecule has 0 aromatic rings. The Morgan fingerprint density at radius 1 is 1.26 bits per heavy atom. The number of nitrogens with two attached hydrogens (primary N) is 1. The van der Waals surface area contributed by atoms with Gasteiger partial charge in [-0.25, -0.2) is 0 Å². The molecule has 0 radical (unpaired) electrons. The lowest BCUT2D eigenvalue weighted by Crippen LogP contribution is -2.33. The second-order valence-corrected chi connectivity index (χ2v) is 5.09. The Kier molecular flexibility index (Phi) is 7.06. The predicted molar refractivity (Wildman–Crippen MR) is 66.2 cm³/mol. The number of hydrogen-bond acceptors (Lipinski definition) is 5. The maximum absolute atomic E-state index is 11.7. The van der Waals surface area contributed by atoms with Gasteiger partial charge in [0.2, 0.25) is 5.91 Å². The Morgan fingerprint density at radius 2 is 1.84 bits per heavy atom. The minimum Gasteiger partial charge on any atom is -0.481 e. The van der Waals surface area contributed by atoms with Crippen molar-refractivity contribution in [1.82, 2.24) is 0 Å². The molecule has 0 heterocycles. The first-order chi connectivity index (χ1) is 8.63. The van der Waals surface area contributed by atoms with Gasteiger partial charge in [-0.1, -0.05) is 0 Å². The Bertz CT molecular complexity index is 334. The molecule has 1 amide bonds. The van der Waals surface area contributed by atoms with E-state index in [0.29, 0.717) is 6.42 Å². The standard InChI is InChI=1S/C12H21NO6/c1-12(2,3)19-11(17)8(10(15)16)5-4-6-18-7-9(13)14/h8H,4-7H2,1-3H3,(H2,13,14)(H,15,16). The van der Waals surface area contributed by atoms with Crippen LogP contribution in [-0.4, -0.2) is 41.8 Å². The third kappa shape index (κ3) is 9.01. The predicted octanol–water partition coefficient (Wildman–Crippen LogP) is 0.311. The summed E-state index contributed by atoms with van der Waals surface area (Å²) in [4.78, 5) is 33.0. The van der Waals surface area contributed by atoms with Crippen molar-refractivity contribution in [2.45, 2.75) is 39.2 Å². The maximum Gasteiger partial charge on any atom is 0.320 e. The van der Waals surface area contributed by atoms with Gasteiger partial charge in [-0.05, 0) is 33.6 Å². The first-order valence-corrected chi connectivity index (χ1v) is 5.95. The van der Waals surface area contributed by atoms with E-state index in [1.54, 1.807) is 20.8 Å². The molecule has 0 bridgehead atoms. The molecule has 0 rings (SSSR count). The van der Waals surface area contributed by atoms with Crippen LogP contribution in [-0.2, 0) is 23.9 Å². The molecule has 0 saturated carbocycles. The molecule has 0 aromatic heterocycles. The van der Waals surface area contributed by atoms with Gasteiger partial charge in [-0.2, -0.15) is 0 Å². The van der Waals surface area contributed by atoms with Crippen LogP contribution in [0.2, 0.25) is 0 Å². The first-order valence-electron chi connectivity index (χ1n) is 5.95. The van der Waals surface area contributed by atoms with Crippen LogP contribution in [0.15, 0.2) is 0 Å². The highest BCUT2D eigenvalue weighted by atomic mass is 16.6. The van der Waals surface area contributed by atoms with Gasteiger partial charge in [0.05, 0.1) is 0 Å². The topological polar surface area (TPSA) is 116 Å². The number of aliphatic carboxylic acids is 1. The van der Waals surface area contributed by atoms with Gasteiger partial charge in [0.15, 0.2) is 5.92 Å².